The molecule has 2 amide bonds. The molecular formula is C20H23N3O5S. The maximum atomic E-state index is 12.5. The zero-order valence-corrected chi connectivity index (χ0v) is 17.0. The van der Waals surface area contributed by atoms with Crippen molar-refractivity contribution in [3.05, 3.63) is 48.5 Å². The number of para-hydroxylation sites is 2. The molecule has 9 heteroatoms. The highest BCUT2D eigenvalue weighted by atomic mass is 32.2. The Morgan fingerprint density at radius 2 is 1.83 bits per heavy atom. The van der Waals surface area contributed by atoms with Gasteiger partial charge in [-0.1, -0.05) is 12.1 Å². The molecule has 0 saturated heterocycles. The molecule has 1 aliphatic rings. The van der Waals surface area contributed by atoms with Crippen LogP contribution in [0.4, 0.5) is 11.4 Å². The van der Waals surface area contributed by atoms with Crippen LogP contribution < -0.4 is 19.7 Å². The second kappa shape index (κ2) is 8.62. The molecule has 0 aliphatic carbocycles. The minimum absolute atomic E-state index is 0.109. The number of carbonyl (C=O) groups is 2. The van der Waals surface area contributed by atoms with Crippen LogP contribution in [0.25, 0.3) is 0 Å². The van der Waals surface area contributed by atoms with E-state index < -0.39 is 15.9 Å². The Morgan fingerprint density at radius 1 is 1.14 bits per heavy atom. The summed E-state index contributed by atoms with van der Waals surface area (Å²) >= 11 is 0. The lowest BCUT2D eigenvalue weighted by Crippen LogP contribution is -2.37. The van der Waals surface area contributed by atoms with E-state index in [2.05, 4.69) is 10.0 Å². The van der Waals surface area contributed by atoms with Crippen molar-refractivity contribution in [2.75, 3.05) is 23.4 Å². The Labute approximate surface area is 169 Å². The summed E-state index contributed by atoms with van der Waals surface area (Å²) < 4.78 is 32.4. The van der Waals surface area contributed by atoms with E-state index in [0.717, 1.165) is 0 Å². The number of carbonyl (C=O) groups excluding carboxylic acids is 2. The van der Waals surface area contributed by atoms with Crippen molar-refractivity contribution in [3.63, 3.8) is 0 Å². The smallest absolute Gasteiger partial charge is 0.244 e. The molecule has 0 spiro atoms. The second-order valence-corrected chi connectivity index (χ2v) is 8.61. The molecule has 2 N–H and O–H groups in total. The summed E-state index contributed by atoms with van der Waals surface area (Å²) in [4.78, 5) is 26.4. The van der Waals surface area contributed by atoms with Crippen molar-refractivity contribution < 1.29 is 22.7 Å². The Kier molecular flexibility index (Phi) is 6.19. The van der Waals surface area contributed by atoms with E-state index in [1.54, 1.807) is 38.1 Å². The summed E-state index contributed by atoms with van der Waals surface area (Å²) in [7, 11) is -3.60. The summed E-state index contributed by atoms with van der Waals surface area (Å²) in [6, 6.07) is 12.7. The lowest BCUT2D eigenvalue weighted by Gasteiger charge is -2.21. The average molecular weight is 417 g/mol. The van der Waals surface area contributed by atoms with Gasteiger partial charge in [-0.05, 0) is 50.2 Å². The molecule has 0 radical (unpaired) electrons. The van der Waals surface area contributed by atoms with Gasteiger partial charge in [-0.3, -0.25) is 14.5 Å². The summed E-state index contributed by atoms with van der Waals surface area (Å²) in [6.45, 7) is 3.56. The number of nitrogens with one attached hydrogen (secondary N) is 2. The number of anilines is 2. The van der Waals surface area contributed by atoms with Crippen LogP contribution in [0.5, 0.6) is 5.75 Å². The van der Waals surface area contributed by atoms with Crippen LogP contribution in [0.3, 0.4) is 0 Å². The van der Waals surface area contributed by atoms with Crippen LogP contribution in [0.2, 0.25) is 0 Å². The largest absolute Gasteiger partial charge is 0.491 e. The second-order valence-electron chi connectivity index (χ2n) is 6.89. The quantitative estimate of drug-likeness (QED) is 0.749. The Morgan fingerprint density at radius 3 is 2.52 bits per heavy atom. The van der Waals surface area contributed by atoms with Crippen LogP contribution in [-0.4, -0.2) is 39.4 Å². The van der Waals surface area contributed by atoms with Crippen molar-refractivity contribution >= 4 is 33.2 Å². The molecule has 1 heterocycles. The van der Waals surface area contributed by atoms with Gasteiger partial charge < -0.3 is 10.1 Å². The van der Waals surface area contributed by atoms with E-state index >= 15 is 0 Å². The van der Waals surface area contributed by atoms with Gasteiger partial charge in [0.2, 0.25) is 21.8 Å². The molecule has 3 rings (SSSR count). The summed E-state index contributed by atoms with van der Waals surface area (Å²) in [6.07, 6.45) is 0.178. The van der Waals surface area contributed by atoms with Crippen LogP contribution in [0, 0.1) is 0 Å². The van der Waals surface area contributed by atoms with Gasteiger partial charge in [0.05, 0.1) is 23.6 Å². The topological polar surface area (TPSA) is 105 Å². The number of hydrogen-bond donors (Lipinski definition) is 2. The number of nitrogens with zero attached hydrogens (tertiary/aromatic N) is 1. The SMILES string of the molecule is CC(C)NS(=O)(=O)c1ccc(NC(=O)CN2C(=O)CCOc3ccccc32)cc1. The van der Waals surface area contributed by atoms with E-state index in [9.17, 15) is 18.0 Å². The first-order valence-corrected chi connectivity index (χ1v) is 10.7. The van der Waals surface area contributed by atoms with Crippen LogP contribution in [0.1, 0.15) is 20.3 Å². The predicted molar refractivity (Wildman–Crippen MR) is 109 cm³/mol. The highest BCUT2D eigenvalue weighted by Crippen LogP contribution is 2.30. The highest BCUT2D eigenvalue weighted by molar-refractivity contribution is 7.89. The third kappa shape index (κ3) is 5.12. The number of amides is 2. The van der Waals surface area contributed by atoms with Gasteiger partial charge in [0.25, 0.3) is 0 Å². The average Bonchev–Trinajstić information content (AvgIpc) is 2.80. The zero-order valence-electron chi connectivity index (χ0n) is 16.2. The molecule has 0 atom stereocenters. The summed E-state index contributed by atoms with van der Waals surface area (Å²) in [5, 5.41) is 2.69. The predicted octanol–water partition coefficient (Wildman–Crippen LogP) is 2.13. The van der Waals surface area contributed by atoms with Gasteiger partial charge in [0.1, 0.15) is 12.3 Å². The molecule has 8 nitrogen and oxygen atoms in total. The fraction of sp³-hybridized carbons (Fsp3) is 0.300. The fourth-order valence-corrected chi connectivity index (χ4v) is 4.18. The first-order chi connectivity index (χ1) is 13.8. The van der Waals surface area contributed by atoms with Gasteiger partial charge in [0, 0.05) is 11.7 Å². The molecule has 0 saturated carbocycles. The standard InChI is InChI=1S/C20H23N3O5S/c1-14(2)22-29(26,27)16-9-7-15(8-10-16)21-19(24)13-23-17-5-3-4-6-18(17)28-12-11-20(23)25/h3-10,14,22H,11-13H2,1-2H3,(H,21,24). The first kappa shape index (κ1) is 20.8. The van der Waals surface area contributed by atoms with Gasteiger partial charge in [-0.2, -0.15) is 0 Å². The number of benzene rings is 2. The maximum absolute atomic E-state index is 12.5. The lowest BCUT2D eigenvalue weighted by molar-refractivity contribution is -0.121. The van der Waals surface area contributed by atoms with Crippen LogP contribution in [0.15, 0.2) is 53.4 Å². The number of rotatable bonds is 6. The maximum Gasteiger partial charge on any atom is 0.244 e. The molecule has 2 aromatic rings. The highest BCUT2D eigenvalue weighted by Gasteiger charge is 2.25. The summed E-state index contributed by atoms with van der Waals surface area (Å²) in [5.41, 5.74) is 0.983. The van der Waals surface area contributed by atoms with Crippen LogP contribution in [-0.2, 0) is 19.6 Å². The van der Waals surface area contributed by atoms with Crippen molar-refractivity contribution in [2.24, 2.45) is 0 Å². The molecule has 1 aliphatic heterocycles. The van der Waals surface area contributed by atoms with Crippen molar-refractivity contribution in [3.8, 4) is 5.75 Å². The molecule has 29 heavy (non-hydrogen) atoms. The number of ether oxygens (including phenoxy) is 1. The zero-order chi connectivity index (χ0) is 21.0. The van der Waals surface area contributed by atoms with E-state index in [-0.39, 0.29) is 36.4 Å². The van der Waals surface area contributed by atoms with Gasteiger partial charge in [-0.15, -0.1) is 0 Å². The molecule has 2 aromatic carbocycles. The Hall–Kier alpha value is -2.91. The molecule has 0 fully saturated rings. The minimum Gasteiger partial charge on any atom is -0.491 e. The van der Waals surface area contributed by atoms with Crippen molar-refractivity contribution in [2.45, 2.75) is 31.2 Å². The van der Waals surface area contributed by atoms with E-state index in [1.165, 1.54) is 29.2 Å². The van der Waals surface area contributed by atoms with Gasteiger partial charge in [0.15, 0.2) is 0 Å². The lowest BCUT2D eigenvalue weighted by atomic mass is 10.2. The molecule has 0 bridgehead atoms. The summed E-state index contributed by atoms with van der Waals surface area (Å²) in [5.74, 6) is -0.0457. The molecular weight excluding hydrogens is 394 g/mol. The van der Waals surface area contributed by atoms with E-state index in [1.807, 2.05) is 0 Å². The third-order valence-electron chi connectivity index (χ3n) is 4.17. The first-order valence-electron chi connectivity index (χ1n) is 9.21. The van der Waals surface area contributed by atoms with Crippen molar-refractivity contribution in [1.29, 1.82) is 0 Å². The normalized spacial score (nSPS) is 14.2. The van der Waals surface area contributed by atoms with E-state index in [4.69, 9.17) is 4.74 Å². The third-order valence-corrected chi connectivity index (χ3v) is 5.85. The number of hydrogen-bond acceptors (Lipinski definition) is 5. The van der Waals surface area contributed by atoms with Crippen LogP contribution >= 0.6 is 0 Å². The monoisotopic (exact) mass is 417 g/mol. The van der Waals surface area contributed by atoms with E-state index in [0.29, 0.717) is 17.1 Å². The fourth-order valence-electron chi connectivity index (χ4n) is 2.93. The van der Waals surface area contributed by atoms with Gasteiger partial charge in [-0.25, -0.2) is 13.1 Å². The number of sulfonamides is 1. The Balaban J connectivity index is 1.70. The molecule has 0 unspecified atom stereocenters. The number of fused-ring (bicyclic) bond motifs is 1. The van der Waals surface area contributed by atoms with Gasteiger partial charge >= 0.3 is 0 Å². The van der Waals surface area contributed by atoms with Crippen molar-refractivity contribution in [1.82, 2.24) is 4.72 Å². The Bertz CT molecular complexity index is 1000. The molecule has 154 valence electrons. The molecule has 0 aromatic heterocycles. The minimum atomic E-state index is -3.60.